The van der Waals surface area contributed by atoms with Crippen LogP contribution in [0.3, 0.4) is 0 Å². The number of hydrogen-bond donors (Lipinski definition) is 1. The number of fused-ring (bicyclic) bond motifs is 1. The number of halogens is 1. The largest absolute Gasteiger partial charge is 0.315 e. The lowest BCUT2D eigenvalue weighted by Crippen LogP contribution is -2.14. The van der Waals surface area contributed by atoms with Crippen LogP contribution in [0.2, 0.25) is 0 Å². The van der Waals surface area contributed by atoms with Crippen molar-refractivity contribution in [2.24, 2.45) is 0 Å². The molecular formula is C11H12BrN3. The summed E-state index contributed by atoms with van der Waals surface area (Å²) in [5, 5.41) is 9.05. The normalized spacial score (nSPS) is 21.3. The van der Waals surface area contributed by atoms with Gasteiger partial charge >= 0.3 is 0 Å². The number of rotatable bonds is 1. The molecule has 1 aromatic heterocycles. The van der Waals surface area contributed by atoms with Gasteiger partial charge in [-0.25, -0.2) is 0 Å². The first-order valence-electron chi connectivity index (χ1n) is 5.19. The fourth-order valence-corrected chi connectivity index (χ4v) is 2.63. The van der Waals surface area contributed by atoms with E-state index < -0.39 is 0 Å². The quantitative estimate of drug-likeness (QED) is 0.858. The van der Waals surface area contributed by atoms with E-state index in [9.17, 15) is 0 Å². The molecule has 1 unspecified atom stereocenters. The Labute approximate surface area is 96.6 Å². The first-order valence-corrected chi connectivity index (χ1v) is 5.98. The van der Waals surface area contributed by atoms with Gasteiger partial charge < -0.3 is 5.32 Å². The van der Waals surface area contributed by atoms with Gasteiger partial charge in [0.15, 0.2) is 0 Å². The van der Waals surface area contributed by atoms with Crippen molar-refractivity contribution >= 4 is 26.8 Å². The summed E-state index contributed by atoms with van der Waals surface area (Å²) >= 11 is 3.55. The molecule has 3 nitrogen and oxygen atoms in total. The molecule has 1 saturated heterocycles. The van der Waals surface area contributed by atoms with Crippen LogP contribution >= 0.6 is 15.9 Å². The lowest BCUT2D eigenvalue weighted by atomic mass is 10.2. The Morgan fingerprint density at radius 1 is 1.47 bits per heavy atom. The highest BCUT2D eigenvalue weighted by atomic mass is 79.9. The summed E-state index contributed by atoms with van der Waals surface area (Å²) in [5.74, 6) is 0. The first kappa shape index (κ1) is 9.36. The van der Waals surface area contributed by atoms with Gasteiger partial charge in [-0.05, 0) is 25.1 Å². The summed E-state index contributed by atoms with van der Waals surface area (Å²) in [7, 11) is 0. The Balaban J connectivity index is 2.15. The molecule has 4 heteroatoms. The highest BCUT2D eigenvalue weighted by molar-refractivity contribution is 9.10. The zero-order chi connectivity index (χ0) is 10.3. The van der Waals surface area contributed by atoms with Gasteiger partial charge in [0.25, 0.3) is 0 Å². The minimum absolute atomic E-state index is 0.511. The SMILES string of the molecule is Brc1cccc2c1cnn2C1CCNC1. The summed E-state index contributed by atoms with van der Waals surface area (Å²) in [6.45, 7) is 2.13. The maximum atomic E-state index is 4.48. The van der Waals surface area contributed by atoms with Crippen LogP contribution in [-0.2, 0) is 0 Å². The Bertz CT molecular complexity index is 486. The van der Waals surface area contributed by atoms with Crippen molar-refractivity contribution in [2.75, 3.05) is 13.1 Å². The third-order valence-electron chi connectivity index (χ3n) is 2.97. The number of nitrogens with zero attached hydrogens (tertiary/aromatic N) is 2. The van der Waals surface area contributed by atoms with Crippen LogP contribution in [0, 0.1) is 0 Å². The van der Waals surface area contributed by atoms with Crippen LogP contribution in [-0.4, -0.2) is 22.9 Å². The molecule has 0 radical (unpaired) electrons. The monoisotopic (exact) mass is 265 g/mol. The van der Waals surface area contributed by atoms with E-state index >= 15 is 0 Å². The van der Waals surface area contributed by atoms with Crippen LogP contribution in [0.4, 0.5) is 0 Å². The standard InChI is InChI=1S/C11H12BrN3/c12-10-2-1-3-11-9(10)7-14-15(11)8-4-5-13-6-8/h1-3,7-8,13H,4-6H2. The molecule has 1 aliphatic heterocycles. The van der Waals surface area contributed by atoms with Crippen LogP contribution < -0.4 is 5.32 Å². The van der Waals surface area contributed by atoms with Gasteiger partial charge in [0.2, 0.25) is 0 Å². The van der Waals surface area contributed by atoms with Crippen molar-refractivity contribution in [3.63, 3.8) is 0 Å². The Morgan fingerprint density at radius 3 is 3.20 bits per heavy atom. The smallest absolute Gasteiger partial charge is 0.0697 e. The second kappa shape index (κ2) is 3.61. The number of hydrogen-bond acceptors (Lipinski definition) is 2. The van der Waals surface area contributed by atoms with E-state index in [1.807, 2.05) is 6.20 Å². The molecule has 2 aromatic rings. The lowest BCUT2D eigenvalue weighted by molar-refractivity contribution is 0.506. The highest BCUT2D eigenvalue weighted by Gasteiger charge is 2.19. The van der Waals surface area contributed by atoms with E-state index in [0.29, 0.717) is 6.04 Å². The molecule has 0 amide bonds. The molecule has 0 bridgehead atoms. The zero-order valence-corrected chi connectivity index (χ0v) is 9.87. The molecule has 78 valence electrons. The fraction of sp³-hybridized carbons (Fsp3) is 0.364. The number of nitrogens with one attached hydrogen (secondary N) is 1. The van der Waals surface area contributed by atoms with Crippen molar-refractivity contribution in [1.29, 1.82) is 0 Å². The second-order valence-corrected chi connectivity index (χ2v) is 4.76. The molecular weight excluding hydrogens is 254 g/mol. The summed E-state index contributed by atoms with van der Waals surface area (Å²) in [6.07, 6.45) is 3.11. The lowest BCUT2D eigenvalue weighted by Gasteiger charge is -2.10. The predicted octanol–water partition coefficient (Wildman–Crippen LogP) is 2.33. The minimum atomic E-state index is 0.511. The Hall–Kier alpha value is -0.870. The van der Waals surface area contributed by atoms with Crippen molar-refractivity contribution in [3.8, 4) is 0 Å². The molecule has 1 fully saturated rings. The summed E-state index contributed by atoms with van der Waals surface area (Å²) in [4.78, 5) is 0. The Morgan fingerprint density at radius 2 is 2.40 bits per heavy atom. The molecule has 15 heavy (non-hydrogen) atoms. The third-order valence-corrected chi connectivity index (χ3v) is 3.66. The zero-order valence-electron chi connectivity index (χ0n) is 8.28. The molecule has 0 spiro atoms. The average Bonchev–Trinajstić information content (AvgIpc) is 2.85. The van der Waals surface area contributed by atoms with Crippen molar-refractivity contribution in [1.82, 2.24) is 15.1 Å². The fourth-order valence-electron chi connectivity index (χ4n) is 2.17. The van der Waals surface area contributed by atoms with E-state index in [-0.39, 0.29) is 0 Å². The van der Waals surface area contributed by atoms with E-state index in [1.54, 1.807) is 0 Å². The summed E-state index contributed by atoms with van der Waals surface area (Å²) < 4.78 is 3.26. The van der Waals surface area contributed by atoms with E-state index in [2.05, 4.69) is 49.2 Å². The average molecular weight is 266 g/mol. The van der Waals surface area contributed by atoms with Gasteiger partial charge in [0, 0.05) is 16.4 Å². The molecule has 1 aromatic carbocycles. The summed E-state index contributed by atoms with van der Waals surface area (Å²) in [5.41, 5.74) is 1.22. The molecule has 0 saturated carbocycles. The minimum Gasteiger partial charge on any atom is -0.315 e. The van der Waals surface area contributed by atoms with Crippen molar-refractivity contribution < 1.29 is 0 Å². The van der Waals surface area contributed by atoms with Crippen molar-refractivity contribution in [3.05, 3.63) is 28.9 Å². The van der Waals surface area contributed by atoms with Crippen LogP contribution in [0.5, 0.6) is 0 Å². The molecule has 3 rings (SSSR count). The highest BCUT2D eigenvalue weighted by Crippen LogP contribution is 2.26. The van der Waals surface area contributed by atoms with Gasteiger partial charge in [-0.3, -0.25) is 4.68 Å². The third kappa shape index (κ3) is 1.48. The second-order valence-electron chi connectivity index (χ2n) is 3.91. The van der Waals surface area contributed by atoms with Crippen molar-refractivity contribution in [2.45, 2.75) is 12.5 Å². The van der Waals surface area contributed by atoms with Gasteiger partial charge in [0.1, 0.15) is 0 Å². The van der Waals surface area contributed by atoms with Gasteiger partial charge in [0.05, 0.1) is 17.8 Å². The molecule has 1 aliphatic rings. The maximum Gasteiger partial charge on any atom is 0.0697 e. The molecule has 0 aliphatic carbocycles. The van der Waals surface area contributed by atoms with Gasteiger partial charge in [-0.1, -0.05) is 22.0 Å². The first-order chi connectivity index (χ1) is 7.36. The molecule has 1 N–H and O–H groups in total. The van der Waals surface area contributed by atoms with Gasteiger partial charge in [-0.2, -0.15) is 5.10 Å². The Kier molecular flexibility index (Phi) is 2.25. The summed E-state index contributed by atoms with van der Waals surface area (Å²) in [6, 6.07) is 6.76. The predicted molar refractivity (Wildman–Crippen MR) is 64.0 cm³/mol. The molecule has 2 heterocycles. The van der Waals surface area contributed by atoms with E-state index in [0.717, 1.165) is 17.6 Å². The number of aromatic nitrogens is 2. The van der Waals surface area contributed by atoms with Gasteiger partial charge in [-0.15, -0.1) is 0 Å². The van der Waals surface area contributed by atoms with E-state index in [1.165, 1.54) is 17.3 Å². The van der Waals surface area contributed by atoms with E-state index in [4.69, 9.17) is 0 Å². The topological polar surface area (TPSA) is 29.9 Å². The van der Waals surface area contributed by atoms with Crippen LogP contribution in [0.1, 0.15) is 12.5 Å². The number of benzene rings is 1. The molecule has 1 atom stereocenters. The van der Waals surface area contributed by atoms with Crippen LogP contribution in [0.25, 0.3) is 10.9 Å². The van der Waals surface area contributed by atoms with Crippen LogP contribution in [0.15, 0.2) is 28.9 Å². The maximum absolute atomic E-state index is 4.48.